The van der Waals surface area contributed by atoms with Crippen molar-refractivity contribution in [1.29, 1.82) is 5.26 Å². The van der Waals surface area contributed by atoms with Crippen LogP contribution in [-0.2, 0) is 10.4 Å². The third-order valence-corrected chi connectivity index (χ3v) is 4.09. The number of benzene rings is 2. The molecule has 1 N–H and O–H groups in total. The molecule has 0 amide bonds. The molecule has 112 valence electrons. The molecule has 22 heavy (non-hydrogen) atoms. The molecule has 1 unspecified atom stereocenters. The smallest absolute Gasteiger partial charge is 0.0991 e. The maximum atomic E-state index is 9.05. The van der Waals surface area contributed by atoms with Gasteiger partial charge in [-0.1, -0.05) is 30.3 Å². The third kappa shape index (κ3) is 2.88. The average molecular weight is 293 g/mol. The maximum Gasteiger partial charge on any atom is 0.0991 e. The Morgan fingerprint density at radius 2 is 1.91 bits per heavy atom. The molecule has 0 saturated carbocycles. The van der Waals surface area contributed by atoms with Crippen molar-refractivity contribution < 1.29 is 4.84 Å². The first-order chi connectivity index (χ1) is 10.6. The van der Waals surface area contributed by atoms with Gasteiger partial charge in [0.1, 0.15) is 0 Å². The second kappa shape index (κ2) is 5.90. The first-order valence-corrected chi connectivity index (χ1v) is 7.31. The van der Waals surface area contributed by atoms with Gasteiger partial charge in [-0.05, 0) is 41.8 Å². The number of nitrogens with one attached hydrogen (secondary N) is 1. The standard InChI is InChI=1S/C18H19N3O/c1-18(12-22-21(2)13-20-18)17-8-4-7-16(10-17)15-6-3-5-14(9-15)11-19/h3-10,20H,12-13H2,1-2H3. The van der Waals surface area contributed by atoms with E-state index in [0.717, 1.165) is 11.1 Å². The highest BCUT2D eigenvalue weighted by Gasteiger charge is 2.31. The Balaban J connectivity index is 1.94. The van der Waals surface area contributed by atoms with Crippen molar-refractivity contribution in [3.05, 3.63) is 59.7 Å². The normalized spacial score (nSPS) is 22.2. The minimum Gasteiger partial charge on any atom is -0.296 e. The summed E-state index contributed by atoms with van der Waals surface area (Å²) in [6.07, 6.45) is 0. The summed E-state index contributed by atoms with van der Waals surface area (Å²) < 4.78 is 0. The van der Waals surface area contributed by atoms with Gasteiger partial charge >= 0.3 is 0 Å². The SMILES string of the molecule is CN1CNC(C)(c2cccc(-c3cccc(C#N)c3)c2)CO1. The summed E-state index contributed by atoms with van der Waals surface area (Å²) in [4.78, 5) is 5.66. The van der Waals surface area contributed by atoms with E-state index in [1.54, 1.807) is 5.06 Å². The lowest BCUT2D eigenvalue weighted by Gasteiger charge is -2.39. The maximum absolute atomic E-state index is 9.05. The molecule has 4 heteroatoms. The molecule has 1 aliphatic heterocycles. The number of hydroxylamine groups is 2. The molecule has 0 aromatic heterocycles. The lowest BCUT2D eigenvalue weighted by Crippen LogP contribution is -2.54. The lowest BCUT2D eigenvalue weighted by atomic mass is 9.90. The molecule has 1 atom stereocenters. The minimum absolute atomic E-state index is 0.213. The second-order valence-corrected chi connectivity index (χ2v) is 5.84. The van der Waals surface area contributed by atoms with E-state index in [9.17, 15) is 0 Å². The van der Waals surface area contributed by atoms with Crippen LogP contribution in [-0.4, -0.2) is 25.4 Å². The highest BCUT2D eigenvalue weighted by molar-refractivity contribution is 5.66. The molecule has 2 aromatic carbocycles. The molecule has 2 aromatic rings. The number of hydrogen-bond acceptors (Lipinski definition) is 4. The van der Waals surface area contributed by atoms with Crippen LogP contribution in [0.4, 0.5) is 0 Å². The molecule has 3 rings (SSSR count). The van der Waals surface area contributed by atoms with Crippen LogP contribution < -0.4 is 5.32 Å². The molecule has 1 saturated heterocycles. The largest absolute Gasteiger partial charge is 0.296 e. The van der Waals surface area contributed by atoms with Gasteiger partial charge in [0.05, 0.1) is 30.4 Å². The first-order valence-electron chi connectivity index (χ1n) is 7.31. The summed E-state index contributed by atoms with van der Waals surface area (Å²) in [5.74, 6) is 0. The van der Waals surface area contributed by atoms with E-state index in [0.29, 0.717) is 18.8 Å². The van der Waals surface area contributed by atoms with Gasteiger partial charge in [-0.2, -0.15) is 10.3 Å². The van der Waals surface area contributed by atoms with Crippen LogP contribution in [0.15, 0.2) is 48.5 Å². The Labute approximate surface area is 130 Å². The van der Waals surface area contributed by atoms with Crippen molar-refractivity contribution in [2.45, 2.75) is 12.5 Å². The van der Waals surface area contributed by atoms with Crippen LogP contribution in [0.2, 0.25) is 0 Å². The summed E-state index contributed by atoms with van der Waals surface area (Å²) >= 11 is 0. The van der Waals surface area contributed by atoms with Crippen molar-refractivity contribution in [3.63, 3.8) is 0 Å². The third-order valence-electron chi connectivity index (χ3n) is 4.09. The molecule has 1 heterocycles. The average Bonchev–Trinajstić information content (AvgIpc) is 2.58. The zero-order valence-electron chi connectivity index (χ0n) is 12.8. The fourth-order valence-corrected chi connectivity index (χ4v) is 2.62. The zero-order chi connectivity index (χ0) is 15.6. The van der Waals surface area contributed by atoms with Crippen LogP contribution in [0.25, 0.3) is 11.1 Å². The molecular weight excluding hydrogens is 274 g/mol. The van der Waals surface area contributed by atoms with Crippen molar-refractivity contribution >= 4 is 0 Å². The van der Waals surface area contributed by atoms with Gasteiger partial charge in [0.15, 0.2) is 0 Å². The lowest BCUT2D eigenvalue weighted by molar-refractivity contribution is -0.196. The van der Waals surface area contributed by atoms with E-state index in [2.05, 4.69) is 42.6 Å². The van der Waals surface area contributed by atoms with E-state index in [4.69, 9.17) is 10.1 Å². The Hall–Kier alpha value is -2.19. The molecule has 0 aliphatic carbocycles. The van der Waals surface area contributed by atoms with Crippen molar-refractivity contribution in [2.24, 2.45) is 0 Å². The van der Waals surface area contributed by atoms with Crippen molar-refractivity contribution in [2.75, 3.05) is 20.3 Å². The van der Waals surface area contributed by atoms with Crippen LogP contribution in [0.3, 0.4) is 0 Å². The summed E-state index contributed by atoms with van der Waals surface area (Å²) in [7, 11) is 1.91. The molecule has 1 fully saturated rings. The summed E-state index contributed by atoms with van der Waals surface area (Å²) in [6, 6.07) is 18.3. The molecular formula is C18H19N3O. The predicted molar refractivity (Wildman–Crippen MR) is 85.7 cm³/mol. The quantitative estimate of drug-likeness (QED) is 0.925. The van der Waals surface area contributed by atoms with Gasteiger partial charge < -0.3 is 0 Å². The monoisotopic (exact) mass is 293 g/mol. The Kier molecular flexibility index (Phi) is 3.95. The predicted octanol–water partition coefficient (Wildman–Crippen LogP) is 2.86. The highest BCUT2D eigenvalue weighted by Crippen LogP contribution is 2.28. The van der Waals surface area contributed by atoms with Gasteiger partial charge in [-0.25, -0.2) is 0 Å². The van der Waals surface area contributed by atoms with E-state index in [1.165, 1.54) is 5.56 Å². The van der Waals surface area contributed by atoms with E-state index in [-0.39, 0.29) is 5.54 Å². The zero-order valence-corrected chi connectivity index (χ0v) is 12.8. The van der Waals surface area contributed by atoms with E-state index in [1.807, 2.05) is 31.3 Å². The number of nitrogens with zero attached hydrogens (tertiary/aromatic N) is 2. The van der Waals surface area contributed by atoms with Crippen LogP contribution in [0.5, 0.6) is 0 Å². The van der Waals surface area contributed by atoms with Gasteiger partial charge in [0.2, 0.25) is 0 Å². The highest BCUT2D eigenvalue weighted by atomic mass is 16.7. The summed E-state index contributed by atoms with van der Waals surface area (Å²) in [5.41, 5.74) is 3.81. The van der Waals surface area contributed by atoms with Gasteiger partial charge in [0, 0.05) is 7.05 Å². The van der Waals surface area contributed by atoms with E-state index < -0.39 is 0 Å². The molecule has 1 aliphatic rings. The van der Waals surface area contributed by atoms with Gasteiger partial charge in [0.25, 0.3) is 0 Å². The Bertz CT molecular complexity index is 712. The number of hydrogen-bond donors (Lipinski definition) is 1. The number of rotatable bonds is 2. The van der Waals surface area contributed by atoms with Crippen molar-refractivity contribution in [1.82, 2.24) is 10.4 Å². The van der Waals surface area contributed by atoms with E-state index >= 15 is 0 Å². The van der Waals surface area contributed by atoms with Crippen LogP contribution in [0, 0.1) is 11.3 Å². The topological polar surface area (TPSA) is 48.3 Å². The molecule has 0 bridgehead atoms. The fourth-order valence-electron chi connectivity index (χ4n) is 2.62. The van der Waals surface area contributed by atoms with Gasteiger partial charge in [-0.3, -0.25) is 10.2 Å². The summed E-state index contributed by atoms with van der Waals surface area (Å²) in [6.45, 7) is 3.42. The molecule has 0 spiro atoms. The molecule has 0 radical (unpaired) electrons. The fraction of sp³-hybridized carbons (Fsp3) is 0.278. The minimum atomic E-state index is -0.213. The first kappa shape index (κ1) is 14.7. The number of nitriles is 1. The van der Waals surface area contributed by atoms with Crippen LogP contribution >= 0.6 is 0 Å². The Morgan fingerprint density at radius 3 is 2.59 bits per heavy atom. The van der Waals surface area contributed by atoms with Crippen LogP contribution in [0.1, 0.15) is 18.1 Å². The Morgan fingerprint density at radius 1 is 1.18 bits per heavy atom. The van der Waals surface area contributed by atoms with Crippen molar-refractivity contribution in [3.8, 4) is 17.2 Å². The molecule has 4 nitrogen and oxygen atoms in total. The second-order valence-electron chi connectivity index (χ2n) is 5.84. The van der Waals surface area contributed by atoms with Gasteiger partial charge in [-0.15, -0.1) is 0 Å². The summed E-state index contributed by atoms with van der Waals surface area (Å²) in [5, 5.41) is 14.4.